The van der Waals surface area contributed by atoms with Crippen LogP contribution in [0.15, 0.2) is 48.5 Å². The van der Waals surface area contributed by atoms with Crippen LogP contribution in [0.4, 0.5) is 5.69 Å². The molecule has 4 heteroatoms. The molecule has 0 spiro atoms. The van der Waals surface area contributed by atoms with Crippen molar-refractivity contribution >= 4 is 5.69 Å². The largest absolute Gasteiger partial charge is 0.485 e. The van der Waals surface area contributed by atoms with E-state index < -0.39 is 11.7 Å². The summed E-state index contributed by atoms with van der Waals surface area (Å²) < 4.78 is 6.15. The Kier molecular flexibility index (Phi) is 5.54. The van der Waals surface area contributed by atoms with Gasteiger partial charge in [-0.3, -0.25) is 0 Å². The van der Waals surface area contributed by atoms with Crippen molar-refractivity contribution in [3.8, 4) is 5.75 Å². The first-order valence-electron chi connectivity index (χ1n) is 9.42. The number of aliphatic hydroxyl groups is 1. The van der Waals surface area contributed by atoms with E-state index in [1.807, 2.05) is 19.9 Å². The molecule has 26 heavy (non-hydrogen) atoms. The molecule has 1 aliphatic heterocycles. The van der Waals surface area contributed by atoms with Gasteiger partial charge in [-0.15, -0.1) is 0 Å². The fourth-order valence-electron chi connectivity index (χ4n) is 3.44. The standard InChI is InChI=1S/C22H30N2O2/c1-5-24(4)17-11-12-18-19(15-17)26-22(2,3)21(25)20(18)23-14-13-16-9-7-6-8-10-16/h6-12,15,20-21,23,25H,5,13-14H2,1-4H3/t20-,21?/m0/s1. The van der Waals surface area contributed by atoms with E-state index >= 15 is 0 Å². The zero-order chi connectivity index (χ0) is 18.7. The predicted molar refractivity (Wildman–Crippen MR) is 107 cm³/mol. The third-order valence-corrected chi connectivity index (χ3v) is 5.27. The van der Waals surface area contributed by atoms with Crippen molar-refractivity contribution in [1.29, 1.82) is 0 Å². The van der Waals surface area contributed by atoms with Gasteiger partial charge in [0.05, 0.1) is 6.04 Å². The van der Waals surface area contributed by atoms with E-state index in [9.17, 15) is 5.11 Å². The highest BCUT2D eigenvalue weighted by atomic mass is 16.5. The molecule has 1 heterocycles. The third kappa shape index (κ3) is 3.87. The maximum Gasteiger partial charge on any atom is 0.131 e. The van der Waals surface area contributed by atoms with Crippen LogP contribution in [0.3, 0.4) is 0 Å². The van der Waals surface area contributed by atoms with Crippen LogP contribution in [-0.2, 0) is 6.42 Å². The Morgan fingerprint density at radius 1 is 1.15 bits per heavy atom. The minimum Gasteiger partial charge on any atom is -0.485 e. The molecule has 0 bridgehead atoms. The zero-order valence-electron chi connectivity index (χ0n) is 16.2. The molecule has 0 amide bonds. The summed E-state index contributed by atoms with van der Waals surface area (Å²) in [6.45, 7) is 7.76. The molecule has 0 saturated carbocycles. The molecule has 0 aliphatic carbocycles. The lowest BCUT2D eigenvalue weighted by Gasteiger charge is -2.42. The predicted octanol–water partition coefficient (Wildman–Crippen LogP) is 3.55. The topological polar surface area (TPSA) is 44.7 Å². The highest BCUT2D eigenvalue weighted by Gasteiger charge is 2.42. The van der Waals surface area contributed by atoms with Crippen molar-refractivity contribution < 1.29 is 9.84 Å². The third-order valence-electron chi connectivity index (χ3n) is 5.27. The van der Waals surface area contributed by atoms with E-state index in [0.717, 1.165) is 36.5 Å². The minimum atomic E-state index is -0.638. The van der Waals surface area contributed by atoms with Crippen LogP contribution >= 0.6 is 0 Å². The van der Waals surface area contributed by atoms with Crippen LogP contribution in [0.5, 0.6) is 5.75 Å². The molecule has 0 radical (unpaired) electrons. The van der Waals surface area contributed by atoms with Crippen LogP contribution in [0.1, 0.15) is 37.9 Å². The van der Waals surface area contributed by atoms with E-state index in [4.69, 9.17) is 4.74 Å². The molecule has 0 saturated heterocycles. The first-order chi connectivity index (χ1) is 12.4. The average molecular weight is 354 g/mol. The van der Waals surface area contributed by atoms with Crippen LogP contribution in [0.2, 0.25) is 0 Å². The molecule has 1 aliphatic rings. The lowest BCUT2D eigenvalue weighted by Crippen LogP contribution is -2.52. The monoisotopic (exact) mass is 354 g/mol. The molecule has 4 nitrogen and oxygen atoms in total. The second-order valence-electron chi connectivity index (χ2n) is 7.55. The van der Waals surface area contributed by atoms with Gasteiger partial charge < -0.3 is 20.1 Å². The molecular formula is C22H30N2O2. The molecular weight excluding hydrogens is 324 g/mol. The lowest BCUT2D eigenvalue weighted by molar-refractivity contribution is -0.0643. The number of nitrogens with zero attached hydrogens (tertiary/aromatic N) is 1. The summed E-state index contributed by atoms with van der Waals surface area (Å²) in [5.74, 6) is 0.857. The van der Waals surface area contributed by atoms with Gasteiger partial charge in [-0.2, -0.15) is 0 Å². The van der Waals surface area contributed by atoms with Crippen molar-refractivity contribution in [3.63, 3.8) is 0 Å². The van der Waals surface area contributed by atoms with Crippen LogP contribution in [0.25, 0.3) is 0 Å². The summed E-state index contributed by atoms with van der Waals surface area (Å²) in [7, 11) is 2.07. The van der Waals surface area contributed by atoms with Crippen LogP contribution < -0.4 is 15.0 Å². The Balaban J connectivity index is 1.80. The maximum atomic E-state index is 10.9. The van der Waals surface area contributed by atoms with Gasteiger partial charge in [0.1, 0.15) is 17.5 Å². The van der Waals surface area contributed by atoms with Crippen LogP contribution in [-0.4, -0.2) is 36.9 Å². The first kappa shape index (κ1) is 18.7. The Morgan fingerprint density at radius 3 is 2.58 bits per heavy atom. The molecule has 0 fully saturated rings. The van der Waals surface area contributed by atoms with E-state index in [-0.39, 0.29) is 6.04 Å². The van der Waals surface area contributed by atoms with E-state index in [1.165, 1.54) is 5.56 Å². The normalized spacial score (nSPS) is 21.0. The SMILES string of the molecule is CCN(C)c1ccc2c(c1)OC(C)(C)C(O)[C@H]2NCCc1ccccc1. The van der Waals surface area contributed by atoms with Crippen molar-refractivity contribution in [2.24, 2.45) is 0 Å². The summed E-state index contributed by atoms with van der Waals surface area (Å²) in [6.07, 6.45) is 0.317. The maximum absolute atomic E-state index is 10.9. The van der Waals surface area contributed by atoms with Crippen molar-refractivity contribution in [2.45, 2.75) is 44.9 Å². The second kappa shape index (κ2) is 7.68. The van der Waals surface area contributed by atoms with Crippen molar-refractivity contribution in [2.75, 3.05) is 25.0 Å². The second-order valence-corrected chi connectivity index (χ2v) is 7.55. The number of hydrogen-bond acceptors (Lipinski definition) is 4. The molecule has 0 aromatic heterocycles. The highest BCUT2D eigenvalue weighted by Crippen LogP contribution is 2.41. The molecule has 2 N–H and O–H groups in total. The zero-order valence-corrected chi connectivity index (χ0v) is 16.2. The minimum absolute atomic E-state index is 0.140. The van der Waals surface area contributed by atoms with Gasteiger partial charge in [0.25, 0.3) is 0 Å². The van der Waals surface area contributed by atoms with Gasteiger partial charge in [-0.05, 0) is 45.4 Å². The molecule has 1 unspecified atom stereocenters. The lowest BCUT2D eigenvalue weighted by atomic mass is 9.86. The average Bonchev–Trinajstić information content (AvgIpc) is 2.64. The van der Waals surface area contributed by atoms with Gasteiger partial charge in [0, 0.05) is 30.9 Å². The Hall–Kier alpha value is -2.04. The number of aliphatic hydroxyl groups excluding tert-OH is 1. The Labute approximate surface area is 156 Å². The Bertz CT molecular complexity index is 730. The highest BCUT2D eigenvalue weighted by molar-refractivity contribution is 5.55. The van der Waals surface area contributed by atoms with Gasteiger partial charge in [-0.1, -0.05) is 36.4 Å². The number of rotatable bonds is 6. The van der Waals surface area contributed by atoms with Gasteiger partial charge in [0.2, 0.25) is 0 Å². The number of nitrogens with one attached hydrogen (secondary N) is 1. The summed E-state index contributed by atoms with van der Waals surface area (Å²) in [4.78, 5) is 2.18. The molecule has 2 aromatic carbocycles. The fraction of sp³-hybridized carbons (Fsp3) is 0.455. The summed E-state index contributed by atoms with van der Waals surface area (Å²) in [6, 6.07) is 16.5. The first-order valence-corrected chi connectivity index (χ1v) is 9.42. The molecule has 2 atom stereocenters. The quantitative estimate of drug-likeness (QED) is 0.833. The van der Waals surface area contributed by atoms with E-state index in [1.54, 1.807) is 0 Å². The summed E-state index contributed by atoms with van der Waals surface area (Å²) in [5.41, 5.74) is 2.81. The van der Waals surface area contributed by atoms with Gasteiger partial charge in [0.15, 0.2) is 0 Å². The fourth-order valence-corrected chi connectivity index (χ4v) is 3.44. The van der Waals surface area contributed by atoms with Gasteiger partial charge >= 0.3 is 0 Å². The van der Waals surface area contributed by atoms with Crippen molar-refractivity contribution in [1.82, 2.24) is 5.32 Å². The molecule has 3 rings (SSSR count). The summed E-state index contributed by atoms with van der Waals surface area (Å²) in [5, 5.41) is 14.4. The number of benzene rings is 2. The number of ether oxygens (including phenoxy) is 1. The van der Waals surface area contributed by atoms with Crippen molar-refractivity contribution in [3.05, 3.63) is 59.7 Å². The van der Waals surface area contributed by atoms with Gasteiger partial charge in [-0.25, -0.2) is 0 Å². The van der Waals surface area contributed by atoms with E-state index in [2.05, 4.69) is 66.7 Å². The molecule has 140 valence electrons. The number of fused-ring (bicyclic) bond motifs is 1. The van der Waals surface area contributed by atoms with E-state index in [0.29, 0.717) is 0 Å². The number of anilines is 1. The van der Waals surface area contributed by atoms with Crippen LogP contribution in [0, 0.1) is 0 Å². The number of hydrogen-bond donors (Lipinski definition) is 2. The Morgan fingerprint density at radius 2 is 1.88 bits per heavy atom. The smallest absolute Gasteiger partial charge is 0.131 e. The summed E-state index contributed by atoms with van der Waals surface area (Å²) >= 11 is 0. The molecule has 2 aromatic rings.